The van der Waals surface area contributed by atoms with Crippen LogP contribution in [0.2, 0.25) is 0 Å². The highest BCUT2D eigenvalue weighted by Crippen LogP contribution is 2.22. The van der Waals surface area contributed by atoms with E-state index in [1.165, 1.54) is 5.69 Å². The fraction of sp³-hybridized carbons (Fsp3) is 0.375. The lowest BCUT2D eigenvalue weighted by Crippen LogP contribution is -2.37. The van der Waals surface area contributed by atoms with Crippen molar-refractivity contribution in [2.75, 3.05) is 67.7 Å². The number of hydrogen-bond donors (Lipinski definition) is 1. The number of nitrogens with zero attached hydrogens (tertiary/aromatic N) is 7. The molecule has 2 saturated heterocycles. The maximum Gasteiger partial charge on any atom is 0.270 e. The maximum absolute atomic E-state index is 14.1. The second kappa shape index (κ2) is 11.2. The molecule has 35 heavy (non-hydrogen) atoms. The van der Waals surface area contributed by atoms with Gasteiger partial charge in [0.2, 0.25) is 0 Å². The van der Waals surface area contributed by atoms with Crippen LogP contribution in [-0.2, 0) is 16.0 Å². The lowest BCUT2D eigenvalue weighted by Gasteiger charge is -2.28. The number of azo groups is 1. The van der Waals surface area contributed by atoms with Gasteiger partial charge in [0.15, 0.2) is 11.6 Å². The number of morpholine rings is 2. The number of ether oxygens (including phenoxy) is 2. The number of pyridine rings is 1. The molecule has 182 valence electrons. The predicted octanol–water partition coefficient (Wildman–Crippen LogP) is 3.71. The summed E-state index contributed by atoms with van der Waals surface area (Å²) in [5, 5.41) is 11.5. The maximum atomic E-state index is 14.1. The number of halogens is 1. The first-order chi connectivity index (χ1) is 17.2. The topological polar surface area (TPSA) is 100 Å². The van der Waals surface area contributed by atoms with Crippen molar-refractivity contribution in [3.8, 4) is 0 Å². The Kier molecular flexibility index (Phi) is 7.35. The highest BCUT2D eigenvalue weighted by Gasteiger charge is 2.17. The third-order valence-electron chi connectivity index (χ3n) is 5.77. The number of benzene rings is 1. The van der Waals surface area contributed by atoms with Crippen molar-refractivity contribution in [3.05, 3.63) is 60.3 Å². The zero-order valence-corrected chi connectivity index (χ0v) is 19.3. The summed E-state index contributed by atoms with van der Waals surface area (Å²) in [5.74, 6) is -0.137. The Labute approximate surface area is 202 Å². The summed E-state index contributed by atoms with van der Waals surface area (Å²) in [4.78, 5) is 16.7. The smallest absolute Gasteiger partial charge is 0.270 e. The third-order valence-corrected chi connectivity index (χ3v) is 5.77. The van der Waals surface area contributed by atoms with Crippen molar-refractivity contribution in [1.29, 1.82) is 0 Å². The molecule has 10 nitrogen and oxygen atoms in total. The van der Waals surface area contributed by atoms with Crippen LogP contribution in [0, 0.1) is 5.82 Å². The Morgan fingerprint density at radius 2 is 1.51 bits per heavy atom. The highest BCUT2D eigenvalue weighted by molar-refractivity contribution is 5.62. The molecular weight excluding hydrogens is 451 g/mol. The Hall–Kier alpha value is -3.70. The predicted molar refractivity (Wildman–Crippen MR) is 130 cm³/mol. The fourth-order valence-electron chi connectivity index (χ4n) is 3.90. The normalized spacial score (nSPS) is 16.6. The van der Waals surface area contributed by atoms with Gasteiger partial charge >= 0.3 is 0 Å². The fourth-order valence-corrected chi connectivity index (χ4v) is 3.90. The van der Waals surface area contributed by atoms with Crippen molar-refractivity contribution in [3.63, 3.8) is 0 Å². The lowest BCUT2D eigenvalue weighted by molar-refractivity contribution is 0.122. The first kappa shape index (κ1) is 23.1. The molecule has 2 aromatic heterocycles. The molecule has 4 heterocycles. The number of rotatable bonds is 7. The van der Waals surface area contributed by atoms with Crippen molar-refractivity contribution < 1.29 is 13.9 Å². The molecule has 3 aromatic rings. The van der Waals surface area contributed by atoms with Crippen LogP contribution in [-0.4, -0.2) is 67.6 Å². The molecule has 2 fully saturated rings. The van der Waals surface area contributed by atoms with Crippen LogP contribution < -0.4 is 15.1 Å². The zero-order chi connectivity index (χ0) is 23.9. The summed E-state index contributed by atoms with van der Waals surface area (Å²) in [5.41, 5.74) is 3.81. The van der Waals surface area contributed by atoms with Gasteiger partial charge in [-0.15, -0.1) is 5.11 Å². The average Bonchev–Trinajstić information content (AvgIpc) is 2.92. The SMILES string of the molecule is Fc1cnc(N=NCc2ccc(Nc3ccc(N4CCOCC4)cc3)cn2)nc1N1CCOCC1. The minimum Gasteiger partial charge on any atom is -0.378 e. The molecule has 0 atom stereocenters. The van der Waals surface area contributed by atoms with E-state index in [0.717, 1.165) is 49.6 Å². The molecule has 0 aliphatic carbocycles. The van der Waals surface area contributed by atoms with E-state index in [1.54, 1.807) is 6.20 Å². The van der Waals surface area contributed by atoms with Gasteiger partial charge in [0.25, 0.3) is 5.95 Å². The Balaban J connectivity index is 1.15. The average molecular weight is 479 g/mol. The summed E-state index contributed by atoms with van der Waals surface area (Å²) in [6.45, 7) is 5.86. The second-order valence-corrected chi connectivity index (χ2v) is 8.15. The molecule has 1 aromatic carbocycles. The number of nitrogens with one attached hydrogen (secondary N) is 1. The van der Waals surface area contributed by atoms with Crippen LogP contribution in [0.1, 0.15) is 5.69 Å². The minimum atomic E-state index is -0.480. The Morgan fingerprint density at radius 1 is 0.829 bits per heavy atom. The van der Waals surface area contributed by atoms with Crippen molar-refractivity contribution in [2.45, 2.75) is 6.54 Å². The van der Waals surface area contributed by atoms with Crippen LogP contribution in [0.5, 0.6) is 0 Å². The van der Waals surface area contributed by atoms with E-state index in [2.05, 4.69) is 59.7 Å². The van der Waals surface area contributed by atoms with E-state index < -0.39 is 5.82 Å². The molecule has 0 radical (unpaired) electrons. The van der Waals surface area contributed by atoms with Gasteiger partial charge in [0.05, 0.1) is 50.2 Å². The van der Waals surface area contributed by atoms with Gasteiger partial charge in [-0.3, -0.25) is 4.98 Å². The largest absolute Gasteiger partial charge is 0.378 e. The highest BCUT2D eigenvalue weighted by atomic mass is 19.1. The summed E-state index contributed by atoms with van der Waals surface area (Å²) in [7, 11) is 0. The van der Waals surface area contributed by atoms with Gasteiger partial charge < -0.3 is 24.6 Å². The van der Waals surface area contributed by atoms with E-state index in [1.807, 2.05) is 17.0 Å². The summed E-state index contributed by atoms with van der Waals surface area (Å²) >= 11 is 0. The van der Waals surface area contributed by atoms with E-state index in [9.17, 15) is 4.39 Å². The molecule has 0 bridgehead atoms. The van der Waals surface area contributed by atoms with Gasteiger partial charge in [-0.05, 0) is 36.4 Å². The van der Waals surface area contributed by atoms with Crippen LogP contribution in [0.25, 0.3) is 0 Å². The van der Waals surface area contributed by atoms with Crippen LogP contribution in [0.3, 0.4) is 0 Å². The number of aromatic nitrogens is 3. The van der Waals surface area contributed by atoms with E-state index in [-0.39, 0.29) is 18.3 Å². The van der Waals surface area contributed by atoms with E-state index >= 15 is 0 Å². The third kappa shape index (κ3) is 6.06. The quantitative estimate of drug-likeness (QED) is 0.513. The minimum absolute atomic E-state index is 0.117. The number of anilines is 4. The van der Waals surface area contributed by atoms with Crippen LogP contribution in [0.4, 0.5) is 33.2 Å². The van der Waals surface area contributed by atoms with E-state index in [0.29, 0.717) is 26.3 Å². The molecule has 5 rings (SSSR count). The molecule has 0 unspecified atom stereocenters. The Bertz CT molecular complexity index is 1130. The lowest BCUT2D eigenvalue weighted by atomic mass is 10.2. The molecule has 11 heteroatoms. The monoisotopic (exact) mass is 478 g/mol. The van der Waals surface area contributed by atoms with Crippen molar-refractivity contribution >= 4 is 28.8 Å². The molecule has 0 saturated carbocycles. The van der Waals surface area contributed by atoms with Gasteiger partial charge in [0.1, 0.15) is 6.54 Å². The van der Waals surface area contributed by atoms with E-state index in [4.69, 9.17) is 9.47 Å². The second-order valence-electron chi connectivity index (χ2n) is 8.15. The first-order valence-corrected chi connectivity index (χ1v) is 11.6. The molecule has 1 N–H and O–H groups in total. The molecule has 0 amide bonds. The summed E-state index contributed by atoms with van der Waals surface area (Å²) in [6.07, 6.45) is 2.88. The van der Waals surface area contributed by atoms with Gasteiger partial charge in [-0.2, -0.15) is 10.1 Å². The number of hydrogen-bond acceptors (Lipinski definition) is 10. The van der Waals surface area contributed by atoms with Crippen LogP contribution >= 0.6 is 0 Å². The standard InChI is InChI=1S/C24H27FN8O2/c25-22-17-27-24(30-23(22)33-9-13-35-14-10-33)31-28-16-19-1-2-20(15-26-19)29-18-3-5-21(6-4-18)32-7-11-34-12-8-32/h1-6,15,17,29H,7-14,16H2. The van der Waals surface area contributed by atoms with Gasteiger partial charge in [-0.1, -0.05) is 0 Å². The summed E-state index contributed by atoms with van der Waals surface area (Å²) < 4.78 is 24.9. The van der Waals surface area contributed by atoms with Crippen LogP contribution in [0.15, 0.2) is 59.0 Å². The first-order valence-electron chi connectivity index (χ1n) is 11.6. The van der Waals surface area contributed by atoms with Crippen molar-refractivity contribution in [1.82, 2.24) is 15.0 Å². The zero-order valence-electron chi connectivity index (χ0n) is 19.3. The van der Waals surface area contributed by atoms with Gasteiger partial charge in [0, 0.05) is 37.6 Å². The molecule has 2 aliphatic rings. The Morgan fingerprint density at radius 3 is 2.20 bits per heavy atom. The van der Waals surface area contributed by atoms with Crippen molar-refractivity contribution in [2.24, 2.45) is 10.2 Å². The molecule has 0 spiro atoms. The molecular formula is C24H27FN8O2. The summed E-state index contributed by atoms with van der Waals surface area (Å²) in [6, 6.07) is 12.2. The van der Waals surface area contributed by atoms with Gasteiger partial charge in [-0.25, -0.2) is 9.37 Å². The molecule has 2 aliphatic heterocycles.